The summed E-state index contributed by atoms with van der Waals surface area (Å²) in [5, 5.41) is 2.86. The van der Waals surface area contributed by atoms with Gasteiger partial charge in [-0.05, 0) is 56.5 Å². The molecule has 0 unspecified atom stereocenters. The predicted octanol–water partition coefficient (Wildman–Crippen LogP) is 0.997. The summed E-state index contributed by atoms with van der Waals surface area (Å²) in [6, 6.07) is 4.80. The first kappa shape index (κ1) is 22.0. The van der Waals surface area contributed by atoms with Crippen LogP contribution < -0.4 is 10.1 Å². The fourth-order valence-electron chi connectivity index (χ4n) is 3.57. The lowest BCUT2D eigenvalue weighted by atomic mass is 10.2. The van der Waals surface area contributed by atoms with Gasteiger partial charge >= 0.3 is 0 Å². The largest absolute Gasteiger partial charge is 0.484 e. The summed E-state index contributed by atoms with van der Waals surface area (Å²) in [6.45, 7) is 7.84. The normalized spacial score (nSPS) is 18.7. The molecule has 0 spiro atoms. The van der Waals surface area contributed by atoms with Crippen LogP contribution in [0.2, 0.25) is 0 Å². The number of rotatable bonds is 9. The molecule has 3 rings (SSSR count). The smallest absolute Gasteiger partial charge is 0.257 e. The summed E-state index contributed by atoms with van der Waals surface area (Å²) < 4.78 is 37.7. The van der Waals surface area contributed by atoms with Crippen molar-refractivity contribution >= 4 is 15.9 Å². The van der Waals surface area contributed by atoms with Crippen molar-refractivity contribution in [1.82, 2.24) is 14.5 Å². The first-order valence-electron chi connectivity index (χ1n) is 10.3. The van der Waals surface area contributed by atoms with Crippen molar-refractivity contribution in [3.05, 3.63) is 23.8 Å². The van der Waals surface area contributed by atoms with Crippen molar-refractivity contribution in [1.29, 1.82) is 0 Å². The Bertz CT molecular complexity index is 787. The molecule has 1 aromatic carbocycles. The van der Waals surface area contributed by atoms with Gasteiger partial charge in [0.15, 0.2) is 6.61 Å². The quantitative estimate of drug-likeness (QED) is 0.594. The van der Waals surface area contributed by atoms with E-state index < -0.39 is 10.0 Å². The molecule has 0 saturated carbocycles. The Balaban J connectivity index is 1.42. The van der Waals surface area contributed by atoms with Gasteiger partial charge < -0.3 is 14.8 Å². The first-order valence-corrected chi connectivity index (χ1v) is 11.7. The van der Waals surface area contributed by atoms with E-state index in [-0.39, 0.29) is 17.4 Å². The predicted molar refractivity (Wildman–Crippen MR) is 110 cm³/mol. The van der Waals surface area contributed by atoms with E-state index in [9.17, 15) is 13.2 Å². The Morgan fingerprint density at radius 1 is 1.17 bits per heavy atom. The van der Waals surface area contributed by atoms with Gasteiger partial charge in [0, 0.05) is 32.7 Å². The Morgan fingerprint density at radius 3 is 2.59 bits per heavy atom. The zero-order valence-electron chi connectivity index (χ0n) is 17.1. The van der Waals surface area contributed by atoms with Gasteiger partial charge in [0.05, 0.1) is 18.1 Å². The molecule has 2 heterocycles. The molecule has 1 N–H and O–H groups in total. The molecule has 162 valence electrons. The average Bonchev–Trinajstić information content (AvgIpc) is 3.27. The number of amides is 1. The van der Waals surface area contributed by atoms with Crippen molar-refractivity contribution < 1.29 is 22.7 Å². The number of hydrogen-bond acceptors (Lipinski definition) is 6. The van der Waals surface area contributed by atoms with Gasteiger partial charge in [0.25, 0.3) is 5.91 Å². The van der Waals surface area contributed by atoms with Gasteiger partial charge in [-0.2, -0.15) is 4.31 Å². The highest BCUT2D eigenvalue weighted by Gasteiger charge is 2.27. The number of aryl methyl sites for hydroxylation is 1. The Hall–Kier alpha value is -1.68. The van der Waals surface area contributed by atoms with Gasteiger partial charge in [-0.1, -0.05) is 0 Å². The van der Waals surface area contributed by atoms with Crippen LogP contribution in [0.4, 0.5) is 0 Å². The monoisotopic (exact) mass is 425 g/mol. The van der Waals surface area contributed by atoms with E-state index in [2.05, 4.69) is 10.2 Å². The van der Waals surface area contributed by atoms with E-state index in [1.54, 1.807) is 25.1 Å². The number of nitrogens with one attached hydrogen (secondary N) is 1. The number of carbonyl (C=O) groups is 1. The summed E-state index contributed by atoms with van der Waals surface area (Å²) in [7, 11) is -3.45. The molecule has 0 aliphatic carbocycles. The Morgan fingerprint density at radius 2 is 1.90 bits per heavy atom. The molecule has 0 atom stereocenters. The van der Waals surface area contributed by atoms with Crippen LogP contribution in [0.25, 0.3) is 0 Å². The summed E-state index contributed by atoms with van der Waals surface area (Å²) in [4.78, 5) is 14.6. The van der Waals surface area contributed by atoms with Gasteiger partial charge in [-0.3, -0.25) is 9.69 Å². The standard InChI is InChI=1S/C20H31N3O5S/c1-17-15-18(29(25,26)23-9-2-3-10-23)5-6-19(17)28-16-20(24)21-7-4-8-22-11-13-27-14-12-22/h5-6,15H,2-4,7-14,16H2,1H3,(H,21,24). The maximum absolute atomic E-state index is 12.6. The molecule has 9 heteroatoms. The van der Waals surface area contributed by atoms with Crippen molar-refractivity contribution in [3.63, 3.8) is 0 Å². The molecule has 2 aliphatic heterocycles. The lowest BCUT2D eigenvalue weighted by Gasteiger charge is -2.26. The van der Waals surface area contributed by atoms with Crippen LogP contribution in [0.1, 0.15) is 24.8 Å². The number of hydrogen-bond donors (Lipinski definition) is 1. The van der Waals surface area contributed by atoms with Crippen LogP contribution in [0.15, 0.2) is 23.1 Å². The fraction of sp³-hybridized carbons (Fsp3) is 0.650. The summed E-state index contributed by atoms with van der Waals surface area (Å²) in [6.07, 6.45) is 2.69. The third-order valence-electron chi connectivity index (χ3n) is 5.28. The average molecular weight is 426 g/mol. The van der Waals surface area contributed by atoms with Gasteiger partial charge in [-0.15, -0.1) is 0 Å². The van der Waals surface area contributed by atoms with E-state index in [0.717, 1.165) is 52.1 Å². The summed E-state index contributed by atoms with van der Waals surface area (Å²) >= 11 is 0. The maximum atomic E-state index is 12.6. The van der Waals surface area contributed by atoms with Gasteiger partial charge in [-0.25, -0.2) is 8.42 Å². The molecule has 8 nitrogen and oxygen atoms in total. The molecule has 2 saturated heterocycles. The molecule has 2 fully saturated rings. The number of carbonyl (C=O) groups excluding carboxylic acids is 1. The van der Waals surface area contributed by atoms with Crippen LogP contribution in [-0.2, 0) is 19.6 Å². The molecule has 29 heavy (non-hydrogen) atoms. The van der Waals surface area contributed by atoms with Crippen LogP contribution in [-0.4, -0.2) is 82.6 Å². The fourth-order valence-corrected chi connectivity index (χ4v) is 5.17. The highest BCUT2D eigenvalue weighted by atomic mass is 32.2. The van der Waals surface area contributed by atoms with Crippen LogP contribution in [0, 0.1) is 6.92 Å². The van der Waals surface area contributed by atoms with Gasteiger partial charge in [0.1, 0.15) is 5.75 Å². The lowest BCUT2D eigenvalue weighted by molar-refractivity contribution is -0.123. The molecule has 0 radical (unpaired) electrons. The zero-order valence-corrected chi connectivity index (χ0v) is 17.9. The number of benzene rings is 1. The van der Waals surface area contributed by atoms with Crippen LogP contribution in [0.5, 0.6) is 5.75 Å². The third-order valence-corrected chi connectivity index (χ3v) is 7.18. The first-order chi connectivity index (χ1) is 14.0. The van der Waals surface area contributed by atoms with Crippen LogP contribution in [0.3, 0.4) is 0 Å². The van der Waals surface area contributed by atoms with E-state index >= 15 is 0 Å². The molecule has 1 aromatic rings. The number of ether oxygens (including phenoxy) is 2. The number of morpholine rings is 1. The summed E-state index contributed by atoms with van der Waals surface area (Å²) in [5.74, 6) is 0.342. The Labute approximate surface area is 173 Å². The second kappa shape index (κ2) is 10.4. The molecule has 2 aliphatic rings. The maximum Gasteiger partial charge on any atom is 0.257 e. The van der Waals surface area contributed by atoms with E-state index in [4.69, 9.17) is 9.47 Å². The summed E-state index contributed by atoms with van der Waals surface area (Å²) in [5.41, 5.74) is 0.699. The topological polar surface area (TPSA) is 88.2 Å². The molecular formula is C20H31N3O5S. The van der Waals surface area contributed by atoms with Crippen LogP contribution >= 0.6 is 0 Å². The van der Waals surface area contributed by atoms with Crippen molar-refractivity contribution in [2.24, 2.45) is 0 Å². The zero-order chi connectivity index (χ0) is 20.7. The third kappa shape index (κ3) is 6.15. The van der Waals surface area contributed by atoms with E-state index in [1.807, 2.05) is 0 Å². The SMILES string of the molecule is Cc1cc(S(=O)(=O)N2CCCC2)ccc1OCC(=O)NCCCN1CCOCC1. The van der Waals surface area contributed by atoms with E-state index in [0.29, 0.717) is 30.9 Å². The molecule has 0 aromatic heterocycles. The number of sulfonamides is 1. The van der Waals surface area contributed by atoms with Crippen molar-refractivity contribution in [2.45, 2.75) is 31.1 Å². The minimum Gasteiger partial charge on any atom is -0.484 e. The minimum absolute atomic E-state index is 0.0867. The highest BCUT2D eigenvalue weighted by Crippen LogP contribution is 2.26. The second-order valence-corrected chi connectivity index (χ2v) is 9.42. The van der Waals surface area contributed by atoms with E-state index in [1.165, 1.54) is 4.31 Å². The minimum atomic E-state index is -3.45. The number of nitrogens with zero attached hydrogens (tertiary/aromatic N) is 2. The molecule has 0 bridgehead atoms. The molecule has 1 amide bonds. The lowest BCUT2D eigenvalue weighted by Crippen LogP contribution is -2.38. The van der Waals surface area contributed by atoms with Crippen molar-refractivity contribution in [2.75, 3.05) is 59.1 Å². The van der Waals surface area contributed by atoms with Crippen molar-refractivity contribution in [3.8, 4) is 5.75 Å². The molecular weight excluding hydrogens is 394 g/mol. The highest BCUT2D eigenvalue weighted by molar-refractivity contribution is 7.89. The Kier molecular flexibility index (Phi) is 7.88. The van der Waals surface area contributed by atoms with Gasteiger partial charge in [0.2, 0.25) is 10.0 Å². The second-order valence-electron chi connectivity index (χ2n) is 7.48.